The van der Waals surface area contributed by atoms with E-state index in [0.29, 0.717) is 5.76 Å². The molecule has 0 saturated carbocycles. The minimum atomic E-state index is 0.193. The van der Waals surface area contributed by atoms with Gasteiger partial charge in [0.15, 0.2) is 17.9 Å². The van der Waals surface area contributed by atoms with Crippen molar-refractivity contribution in [2.75, 3.05) is 18.0 Å². The number of morpholine rings is 1. The van der Waals surface area contributed by atoms with Crippen molar-refractivity contribution in [3.05, 3.63) is 17.9 Å². The van der Waals surface area contributed by atoms with Gasteiger partial charge in [-0.25, -0.2) is 0 Å². The zero-order valence-electron chi connectivity index (χ0n) is 8.97. The first-order valence-corrected chi connectivity index (χ1v) is 5.14. The zero-order valence-corrected chi connectivity index (χ0v) is 8.97. The molecule has 0 bridgehead atoms. The van der Waals surface area contributed by atoms with E-state index in [1.54, 1.807) is 6.07 Å². The van der Waals surface area contributed by atoms with Crippen LogP contribution in [-0.2, 0) is 4.74 Å². The fourth-order valence-corrected chi connectivity index (χ4v) is 1.93. The van der Waals surface area contributed by atoms with Crippen LogP contribution in [0.5, 0.6) is 0 Å². The molecule has 0 unspecified atom stereocenters. The molecule has 82 valence electrons. The van der Waals surface area contributed by atoms with Gasteiger partial charge in [-0.3, -0.25) is 4.79 Å². The van der Waals surface area contributed by atoms with Crippen molar-refractivity contribution in [3.8, 4) is 0 Å². The Hall–Kier alpha value is -1.29. The van der Waals surface area contributed by atoms with Crippen molar-refractivity contribution >= 4 is 12.2 Å². The van der Waals surface area contributed by atoms with Crippen molar-refractivity contribution in [3.63, 3.8) is 0 Å². The van der Waals surface area contributed by atoms with Crippen LogP contribution in [0, 0.1) is 0 Å². The number of nitrogens with zero attached hydrogens (tertiary/aromatic N) is 1. The van der Waals surface area contributed by atoms with Gasteiger partial charge in [-0.1, -0.05) is 0 Å². The Morgan fingerprint density at radius 1 is 1.33 bits per heavy atom. The van der Waals surface area contributed by atoms with Crippen molar-refractivity contribution in [2.24, 2.45) is 0 Å². The summed E-state index contributed by atoms with van der Waals surface area (Å²) in [7, 11) is 0. The number of hydrogen-bond acceptors (Lipinski definition) is 4. The summed E-state index contributed by atoms with van der Waals surface area (Å²) in [5, 5.41) is 0. The molecule has 1 aliphatic heterocycles. The fraction of sp³-hybridized carbons (Fsp3) is 0.545. The van der Waals surface area contributed by atoms with Gasteiger partial charge in [0.2, 0.25) is 0 Å². The van der Waals surface area contributed by atoms with Gasteiger partial charge in [-0.15, -0.1) is 0 Å². The maximum Gasteiger partial charge on any atom is 0.196 e. The number of ether oxygens (including phenoxy) is 1. The second-order valence-electron chi connectivity index (χ2n) is 3.96. The van der Waals surface area contributed by atoms with E-state index < -0.39 is 0 Å². The molecule has 1 aliphatic rings. The van der Waals surface area contributed by atoms with Crippen LogP contribution >= 0.6 is 0 Å². The molecule has 0 amide bonds. The quantitative estimate of drug-likeness (QED) is 0.695. The molecule has 1 aromatic rings. The lowest BCUT2D eigenvalue weighted by atomic mass is 10.2. The molecular weight excluding hydrogens is 194 g/mol. The number of carbonyl (C=O) groups excluding carboxylic acids is 1. The average molecular weight is 209 g/mol. The van der Waals surface area contributed by atoms with Gasteiger partial charge in [-0.2, -0.15) is 0 Å². The smallest absolute Gasteiger partial charge is 0.196 e. The predicted molar refractivity (Wildman–Crippen MR) is 56.3 cm³/mol. The van der Waals surface area contributed by atoms with Crippen LogP contribution in [0.4, 0.5) is 5.88 Å². The Kier molecular flexibility index (Phi) is 2.77. The molecule has 0 N–H and O–H groups in total. The first-order valence-electron chi connectivity index (χ1n) is 5.14. The highest BCUT2D eigenvalue weighted by atomic mass is 16.5. The Morgan fingerprint density at radius 2 is 2.00 bits per heavy atom. The minimum absolute atomic E-state index is 0.193. The van der Waals surface area contributed by atoms with Crippen LogP contribution in [0.15, 0.2) is 16.5 Å². The van der Waals surface area contributed by atoms with E-state index in [0.717, 1.165) is 25.3 Å². The number of anilines is 1. The van der Waals surface area contributed by atoms with Crippen molar-refractivity contribution in [2.45, 2.75) is 26.1 Å². The Bertz CT molecular complexity index is 337. The van der Waals surface area contributed by atoms with E-state index in [9.17, 15) is 4.79 Å². The number of rotatable bonds is 2. The van der Waals surface area contributed by atoms with Gasteiger partial charge in [0.25, 0.3) is 0 Å². The second-order valence-corrected chi connectivity index (χ2v) is 3.96. The first-order chi connectivity index (χ1) is 7.19. The predicted octanol–water partition coefficient (Wildman–Crippen LogP) is 1.71. The van der Waals surface area contributed by atoms with Crippen LogP contribution in [0.2, 0.25) is 0 Å². The largest absolute Gasteiger partial charge is 0.438 e. The summed E-state index contributed by atoms with van der Waals surface area (Å²) >= 11 is 0. The minimum Gasteiger partial charge on any atom is -0.438 e. The summed E-state index contributed by atoms with van der Waals surface area (Å²) in [4.78, 5) is 12.6. The van der Waals surface area contributed by atoms with Gasteiger partial charge in [0, 0.05) is 19.2 Å². The molecule has 2 atom stereocenters. The number of aldehydes is 1. The Labute approximate surface area is 88.8 Å². The topological polar surface area (TPSA) is 42.7 Å². The maximum absolute atomic E-state index is 10.5. The summed E-state index contributed by atoms with van der Waals surface area (Å²) in [6.45, 7) is 5.67. The molecule has 0 radical (unpaired) electrons. The molecule has 4 heteroatoms. The van der Waals surface area contributed by atoms with E-state index >= 15 is 0 Å². The molecule has 0 aromatic carbocycles. The molecule has 1 saturated heterocycles. The monoisotopic (exact) mass is 209 g/mol. The summed E-state index contributed by atoms with van der Waals surface area (Å²) in [5.74, 6) is 1.12. The molecular formula is C11H15NO3. The number of hydrogen-bond donors (Lipinski definition) is 0. The zero-order chi connectivity index (χ0) is 10.8. The third kappa shape index (κ3) is 2.21. The van der Waals surface area contributed by atoms with Crippen LogP contribution < -0.4 is 4.90 Å². The third-order valence-corrected chi connectivity index (χ3v) is 2.46. The summed E-state index contributed by atoms with van der Waals surface area (Å²) in [6.07, 6.45) is 1.11. The van der Waals surface area contributed by atoms with Crippen LogP contribution in [0.25, 0.3) is 0 Å². The maximum atomic E-state index is 10.5. The lowest BCUT2D eigenvalue weighted by Crippen LogP contribution is -2.45. The van der Waals surface area contributed by atoms with E-state index in [2.05, 4.69) is 4.90 Å². The van der Waals surface area contributed by atoms with Crippen molar-refractivity contribution < 1.29 is 13.9 Å². The highest BCUT2D eigenvalue weighted by Crippen LogP contribution is 2.22. The van der Waals surface area contributed by atoms with E-state index in [1.807, 2.05) is 19.9 Å². The van der Waals surface area contributed by atoms with Gasteiger partial charge in [0.1, 0.15) is 0 Å². The molecule has 2 rings (SSSR count). The third-order valence-electron chi connectivity index (χ3n) is 2.46. The Balaban J connectivity index is 2.12. The van der Waals surface area contributed by atoms with E-state index in [-0.39, 0.29) is 12.2 Å². The lowest BCUT2D eigenvalue weighted by Gasteiger charge is -2.35. The first kappa shape index (κ1) is 10.2. The lowest BCUT2D eigenvalue weighted by molar-refractivity contribution is -0.00641. The Morgan fingerprint density at radius 3 is 2.53 bits per heavy atom. The standard InChI is InChI=1S/C11H15NO3/c1-8-5-12(6-9(2)14-8)11-4-3-10(7-13)15-11/h3-4,7-9H,5-6H2,1-2H3/t8-,9-/m1/s1. The average Bonchev–Trinajstić information content (AvgIpc) is 2.64. The normalized spacial score (nSPS) is 26.7. The van der Waals surface area contributed by atoms with Gasteiger partial charge in [-0.05, 0) is 19.9 Å². The summed E-state index contributed by atoms with van der Waals surface area (Å²) < 4.78 is 11.0. The van der Waals surface area contributed by atoms with E-state index in [1.165, 1.54) is 0 Å². The van der Waals surface area contributed by atoms with Gasteiger partial charge < -0.3 is 14.1 Å². The summed E-state index contributed by atoms with van der Waals surface area (Å²) in [5.41, 5.74) is 0. The number of carbonyl (C=O) groups is 1. The van der Waals surface area contributed by atoms with Crippen molar-refractivity contribution in [1.29, 1.82) is 0 Å². The highest BCUT2D eigenvalue weighted by molar-refractivity contribution is 5.71. The molecule has 0 aliphatic carbocycles. The van der Waals surface area contributed by atoms with Gasteiger partial charge >= 0.3 is 0 Å². The SMILES string of the molecule is C[C@@H]1CN(c2ccc(C=O)o2)C[C@@H](C)O1. The molecule has 4 nitrogen and oxygen atoms in total. The van der Waals surface area contributed by atoms with Gasteiger partial charge in [0.05, 0.1) is 12.2 Å². The molecule has 0 spiro atoms. The van der Waals surface area contributed by atoms with E-state index in [4.69, 9.17) is 9.15 Å². The molecule has 1 aromatic heterocycles. The molecule has 1 fully saturated rings. The molecule has 2 heterocycles. The fourth-order valence-electron chi connectivity index (χ4n) is 1.93. The summed E-state index contributed by atoms with van der Waals surface area (Å²) in [6, 6.07) is 3.52. The van der Waals surface area contributed by atoms with Crippen LogP contribution in [0.1, 0.15) is 24.4 Å². The second kappa shape index (κ2) is 4.06. The van der Waals surface area contributed by atoms with Crippen molar-refractivity contribution in [1.82, 2.24) is 0 Å². The highest BCUT2D eigenvalue weighted by Gasteiger charge is 2.24. The number of furan rings is 1. The van der Waals surface area contributed by atoms with Crippen LogP contribution in [0.3, 0.4) is 0 Å². The molecule has 15 heavy (non-hydrogen) atoms. The van der Waals surface area contributed by atoms with Crippen LogP contribution in [-0.4, -0.2) is 31.6 Å².